The Balaban J connectivity index is 1.68. The number of rotatable bonds is 4. The zero-order valence-electron chi connectivity index (χ0n) is 8.61. The van der Waals surface area contributed by atoms with Crippen LogP contribution in [0.2, 0.25) is 0 Å². The molecular weight excluding hydrogens is 180 g/mol. The van der Waals surface area contributed by atoms with Crippen LogP contribution in [0.25, 0.3) is 0 Å². The predicted octanol–water partition coefficient (Wildman–Crippen LogP) is 0.127. The van der Waals surface area contributed by atoms with Crippen LogP contribution in [0, 0.1) is 0 Å². The number of hydrogen-bond acceptors (Lipinski definition) is 4. The Hall–Kier alpha value is -0.160. The average molecular weight is 200 g/mol. The van der Waals surface area contributed by atoms with Gasteiger partial charge < -0.3 is 10.4 Å². The van der Waals surface area contributed by atoms with Gasteiger partial charge in [-0.05, 0) is 32.2 Å². The zero-order valence-corrected chi connectivity index (χ0v) is 8.61. The third-order valence-electron chi connectivity index (χ3n) is 3.14. The van der Waals surface area contributed by atoms with E-state index >= 15 is 0 Å². The standard InChI is InChI=1S/C10H20N2O2/c13-7-10-4-2-6-12(10)14-8-9-3-1-5-11-9/h9-11,13H,1-8H2/t9-,10-/m0/s1. The van der Waals surface area contributed by atoms with Crippen LogP contribution >= 0.6 is 0 Å². The lowest BCUT2D eigenvalue weighted by Gasteiger charge is -2.23. The molecule has 0 radical (unpaired) electrons. The number of aliphatic hydroxyl groups is 1. The van der Waals surface area contributed by atoms with Gasteiger partial charge in [0.15, 0.2) is 0 Å². The number of aliphatic hydroxyl groups excluding tert-OH is 1. The highest BCUT2D eigenvalue weighted by atomic mass is 16.7. The van der Waals surface area contributed by atoms with Gasteiger partial charge in [0.2, 0.25) is 0 Å². The molecule has 0 aromatic rings. The smallest absolute Gasteiger partial charge is 0.0838 e. The Morgan fingerprint density at radius 1 is 1.36 bits per heavy atom. The van der Waals surface area contributed by atoms with Gasteiger partial charge in [0, 0.05) is 12.6 Å². The van der Waals surface area contributed by atoms with Gasteiger partial charge in [-0.15, -0.1) is 0 Å². The van der Waals surface area contributed by atoms with Crippen molar-refractivity contribution in [3.63, 3.8) is 0 Å². The van der Waals surface area contributed by atoms with Crippen molar-refractivity contribution in [3.05, 3.63) is 0 Å². The molecule has 0 bridgehead atoms. The van der Waals surface area contributed by atoms with Gasteiger partial charge in [0.1, 0.15) is 0 Å². The summed E-state index contributed by atoms with van der Waals surface area (Å²) < 4.78 is 0. The Morgan fingerprint density at radius 3 is 3.00 bits per heavy atom. The lowest BCUT2D eigenvalue weighted by molar-refractivity contribution is -0.179. The molecule has 0 amide bonds. The molecule has 2 N–H and O–H groups in total. The van der Waals surface area contributed by atoms with Gasteiger partial charge in [-0.3, -0.25) is 4.84 Å². The summed E-state index contributed by atoms with van der Waals surface area (Å²) in [4.78, 5) is 5.70. The highest BCUT2D eigenvalue weighted by molar-refractivity contribution is 4.75. The van der Waals surface area contributed by atoms with Crippen molar-refractivity contribution in [1.29, 1.82) is 0 Å². The van der Waals surface area contributed by atoms with E-state index in [1.165, 1.54) is 12.8 Å². The maximum atomic E-state index is 9.09. The maximum absolute atomic E-state index is 9.09. The molecule has 2 aliphatic heterocycles. The van der Waals surface area contributed by atoms with E-state index in [9.17, 15) is 0 Å². The van der Waals surface area contributed by atoms with Crippen molar-refractivity contribution in [3.8, 4) is 0 Å². The molecule has 82 valence electrons. The van der Waals surface area contributed by atoms with Crippen molar-refractivity contribution in [2.24, 2.45) is 0 Å². The van der Waals surface area contributed by atoms with Gasteiger partial charge in [0.05, 0.1) is 19.3 Å². The third kappa shape index (κ3) is 2.45. The number of hydrogen-bond donors (Lipinski definition) is 2. The van der Waals surface area contributed by atoms with Crippen molar-refractivity contribution < 1.29 is 9.94 Å². The minimum Gasteiger partial charge on any atom is -0.395 e. The molecule has 2 heterocycles. The van der Waals surface area contributed by atoms with Gasteiger partial charge in [-0.25, -0.2) is 0 Å². The molecule has 2 aliphatic rings. The van der Waals surface area contributed by atoms with E-state index in [0.717, 1.165) is 32.5 Å². The highest BCUT2D eigenvalue weighted by Gasteiger charge is 2.25. The molecule has 0 spiro atoms. The maximum Gasteiger partial charge on any atom is 0.0838 e. The summed E-state index contributed by atoms with van der Waals surface area (Å²) in [6, 6.07) is 0.756. The Morgan fingerprint density at radius 2 is 2.29 bits per heavy atom. The van der Waals surface area contributed by atoms with Gasteiger partial charge in [0.25, 0.3) is 0 Å². The van der Waals surface area contributed by atoms with Crippen LogP contribution in [0.5, 0.6) is 0 Å². The topological polar surface area (TPSA) is 44.7 Å². The van der Waals surface area contributed by atoms with E-state index in [2.05, 4.69) is 5.32 Å². The first kappa shape index (κ1) is 10.4. The Bertz CT molecular complexity index is 172. The average Bonchev–Trinajstić information content (AvgIpc) is 2.85. The second kappa shape index (κ2) is 5.07. The van der Waals surface area contributed by atoms with E-state index in [0.29, 0.717) is 6.04 Å². The first-order valence-corrected chi connectivity index (χ1v) is 5.64. The van der Waals surface area contributed by atoms with E-state index in [1.54, 1.807) is 0 Å². The monoisotopic (exact) mass is 200 g/mol. The summed E-state index contributed by atoms with van der Waals surface area (Å²) in [7, 11) is 0. The predicted molar refractivity (Wildman–Crippen MR) is 53.8 cm³/mol. The van der Waals surface area contributed by atoms with E-state index in [-0.39, 0.29) is 12.6 Å². The molecule has 0 aromatic heterocycles. The fourth-order valence-electron chi connectivity index (χ4n) is 2.25. The summed E-state index contributed by atoms with van der Waals surface area (Å²) in [5.74, 6) is 0. The van der Waals surface area contributed by atoms with Crippen LogP contribution in [0.1, 0.15) is 25.7 Å². The van der Waals surface area contributed by atoms with Crippen molar-refractivity contribution in [2.45, 2.75) is 37.8 Å². The normalized spacial score (nSPS) is 34.1. The Labute approximate surface area is 85.2 Å². The minimum absolute atomic E-state index is 0.220. The summed E-state index contributed by atoms with van der Waals surface area (Å²) in [5.41, 5.74) is 0. The SMILES string of the molecule is OC[C@@H]1CCCN1OC[C@@H]1CCCN1. The van der Waals surface area contributed by atoms with Gasteiger partial charge in [-0.2, -0.15) is 5.06 Å². The van der Waals surface area contributed by atoms with Crippen molar-refractivity contribution in [2.75, 3.05) is 26.3 Å². The molecule has 2 saturated heterocycles. The third-order valence-corrected chi connectivity index (χ3v) is 3.14. The molecule has 0 aliphatic carbocycles. The van der Waals surface area contributed by atoms with Gasteiger partial charge in [-0.1, -0.05) is 0 Å². The van der Waals surface area contributed by atoms with Crippen LogP contribution in [0.15, 0.2) is 0 Å². The fraction of sp³-hybridized carbons (Fsp3) is 1.00. The quantitative estimate of drug-likeness (QED) is 0.677. The molecule has 2 fully saturated rings. The van der Waals surface area contributed by atoms with Gasteiger partial charge >= 0.3 is 0 Å². The van der Waals surface area contributed by atoms with Crippen molar-refractivity contribution >= 4 is 0 Å². The summed E-state index contributed by atoms with van der Waals surface area (Å²) in [6.45, 7) is 3.07. The molecule has 0 unspecified atom stereocenters. The van der Waals surface area contributed by atoms with Crippen molar-refractivity contribution in [1.82, 2.24) is 10.4 Å². The van der Waals surface area contributed by atoms with Crippen LogP contribution in [0.4, 0.5) is 0 Å². The molecule has 14 heavy (non-hydrogen) atoms. The van der Waals surface area contributed by atoms with E-state index in [4.69, 9.17) is 9.94 Å². The second-order valence-electron chi connectivity index (χ2n) is 4.21. The number of hydroxylamine groups is 2. The van der Waals surface area contributed by atoms with Crippen LogP contribution in [-0.4, -0.2) is 48.6 Å². The Kier molecular flexibility index (Phi) is 3.75. The first-order valence-electron chi connectivity index (χ1n) is 5.64. The first-order chi connectivity index (χ1) is 6.90. The summed E-state index contributed by atoms with van der Waals surface area (Å²) in [6.07, 6.45) is 4.69. The molecule has 2 rings (SSSR count). The largest absolute Gasteiger partial charge is 0.395 e. The fourth-order valence-corrected chi connectivity index (χ4v) is 2.25. The molecule has 0 aromatic carbocycles. The highest BCUT2D eigenvalue weighted by Crippen LogP contribution is 2.17. The summed E-state index contributed by atoms with van der Waals surface area (Å²) >= 11 is 0. The van der Waals surface area contributed by atoms with Crippen LogP contribution < -0.4 is 5.32 Å². The zero-order chi connectivity index (χ0) is 9.80. The molecule has 0 saturated carbocycles. The van der Waals surface area contributed by atoms with Crippen LogP contribution in [0.3, 0.4) is 0 Å². The molecular formula is C10H20N2O2. The lowest BCUT2D eigenvalue weighted by atomic mass is 10.2. The minimum atomic E-state index is 0.220. The second-order valence-corrected chi connectivity index (χ2v) is 4.21. The summed E-state index contributed by atoms with van der Waals surface area (Å²) in [5, 5.41) is 14.4. The number of nitrogens with zero attached hydrogens (tertiary/aromatic N) is 1. The molecule has 2 atom stereocenters. The molecule has 4 nitrogen and oxygen atoms in total. The van der Waals surface area contributed by atoms with E-state index in [1.807, 2.05) is 5.06 Å². The van der Waals surface area contributed by atoms with E-state index < -0.39 is 0 Å². The number of nitrogens with one attached hydrogen (secondary N) is 1. The molecule has 4 heteroatoms. The van der Waals surface area contributed by atoms with Crippen LogP contribution in [-0.2, 0) is 4.84 Å². The lowest BCUT2D eigenvalue weighted by Crippen LogP contribution is -2.37.